The summed E-state index contributed by atoms with van der Waals surface area (Å²) < 4.78 is 7.94. The SMILES string of the molecule is CC(=O)c1nn(CC(=O)[C@@H]2C[C@H]3C[C@H]3N2C(=O)OC(C)(C)C)c2ccc(Br)cc12. The smallest absolute Gasteiger partial charge is 0.411 e. The molecule has 2 fully saturated rings. The molecule has 1 amide bonds. The number of piperidine rings is 1. The summed E-state index contributed by atoms with van der Waals surface area (Å²) in [5.74, 6) is 0.122. The van der Waals surface area contributed by atoms with E-state index in [1.165, 1.54) is 6.92 Å². The number of amides is 1. The summed E-state index contributed by atoms with van der Waals surface area (Å²) in [6.45, 7) is 6.93. The van der Waals surface area contributed by atoms with Crippen LogP contribution in [0.5, 0.6) is 0 Å². The van der Waals surface area contributed by atoms with Crippen molar-refractivity contribution >= 4 is 44.5 Å². The highest BCUT2D eigenvalue weighted by Gasteiger charge is 2.56. The molecule has 154 valence electrons. The fraction of sp³-hybridized carbons (Fsp3) is 0.524. The maximum atomic E-state index is 13.1. The lowest BCUT2D eigenvalue weighted by Crippen LogP contribution is -2.46. The molecule has 0 bridgehead atoms. The highest BCUT2D eigenvalue weighted by Crippen LogP contribution is 2.48. The van der Waals surface area contributed by atoms with Gasteiger partial charge in [0, 0.05) is 22.8 Å². The van der Waals surface area contributed by atoms with Gasteiger partial charge in [0.05, 0.1) is 11.6 Å². The number of carbonyl (C=O) groups excluding carboxylic acids is 3. The zero-order chi connectivity index (χ0) is 21.1. The molecule has 2 heterocycles. The van der Waals surface area contributed by atoms with Crippen LogP contribution in [-0.2, 0) is 16.1 Å². The van der Waals surface area contributed by atoms with Crippen LogP contribution in [0, 0.1) is 5.92 Å². The number of benzene rings is 1. The largest absolute Gasteiger partial charge is 0.444 e. The average Bonchev–Trinajstić information content (AvgIpc) is 3.11. The minimum Gasteiger partial charge on any atom is -0.444 e. The van der Waals surface area contributed by atoms with Crippen molar-refractivity contribution in [3.8, 4) is 0 Å². The molecule has 1 aliphatic heterocycles. The molecule has 0 radical (unpaired) electrons. The average molecular weight is 462 g/mol. The lowest BCUT2D eigenvalue weighted by Gasteiger charge is -2.29. The zero-order valence-corrected chi connectivity index (χ0v) is 18.5. The van der Waals surface area contributed by atoms with E-state index in [4.69, 9.17) is 4.74 Å². The summed E-state index contributed by atoms with van der Waals surface area (Å²) in [5, 5.41) is 5.10. The number of hydrogen-bond donors (Lipinski definition) is 0. The summed E-state index contributed by atoms with van der Waals surface area (Å²) in [7, 11) is 0. The third kappa shape index (κ3) is 3.82. The van der Waals surface area contributed by atoms with E-state index in [0.29, 0.717) is 23.4 Å². The van der Waals surface area contributed by atoms with Gasteiger partial charge in [-0.05, 0) is 57.7 Å². The Balaban J connectivity index is 1.59. The van der Waals surface area contributed by atoms with E-state index >= 15 is 0 Å². The molecule has 2 aromatic rings. The normalized spacial score (nSPS) is 23.2. The quantitative estimate of drug-likeness (QED) is 0.643. The number of Topliss-reactive ketones (excluding diaryl/α,β-unsaturated/α-hetero) is 2. The van der Waals surface area contributed by atoms with Gasteiger partial charge in [-0.1, -0.05) is 15.9 Å². The molecular formula is C21H24BrN3O4. The van der Waals surface area contributed by atoms with Crippen LogP contribution in [0.15, 0.2) is 22.7 Å². The second-order valence-corrected chi connectivity index (χ2v) is 9.81. The van der Waals surface area contributed by atoms with Crippen molar-refractivity contribution in [2.24, 2.45) is 5.92 Å². The van der Waals surface area contributed by atoms with Gasteiger partial charge in [-0.25, -0.2) is 4.79 Å². The van der Waals surface area contributed by atoms with Crippen molar-refractivity contribution in [2.45, 2.75) is 64.8 Å². The molecule has 3 atom stereocenters. The Morgan fingerprint density at radius 1 is 1.24 bits per heavy atom. The number of nitrogens with zero attached hydrogens (tertiary/aromatic N) is 3. The van der Waals surface area contributed by atoms with E-state index in [9.17, 15) is 14.4 Å². The fourth-order valence-corrected chi connectivity index (χ4v) is 4.47. The highest BCUT2D eigenvalue weighted by molar-refractivity contribution is 9.10. The Hall–Kier alpha value is -2.22. The van der Waals surface area contributed by atoms with E-state index in [0.717, 1.165) is 16.4 Å². The number of fused-ring (bicyclic) bond motifs is 2. The van der Waals surface area contributed by atoms with Crippen molar-refractivity contribution in [2.75, 3.05) is 0 Å². The third-order valence-electron chi connectivity index (χ3n) is 5.43. The predicted molar refractivity (Wildman–Crippen MR) is 111 cm³/mol. The molecule has 0 N–H and O–H groups in total. The van der Waals surface area contributed by atoms with Gasteiger partial charge < -0.3 is 4.74 Å². The summed E-state index contributed by atoms with van der Waals surface area (Å²) in [5.41, 5.74) is 0.450. The molecule has 7 nitrogen and oxygen atoms in total. The second kappa shape index (κ2) is 6.93. The van der Waals surface area contributed by atoms with Crippen LogP contribution in [0.3, 0.4) is 0 Å². The number of halogens is 1. The Labute approximate surface area is 177 Å². The molecule has 1 saturated heterocycles. The topological polar surface area (TPSA) is 81.5 Å². The van der Waals surface area contributed by atoms with Crippen LogP contribution in [-0.4, -0.2) is 50.0 Å². The monoisotopic (exact) mass is 461 g/mol. The summed E-state index contributed by atoms with van der Waals surface area (Å²) >= 11 is 3.42. The van der Waals surface area contributed by atoms with Gasteiger partial charge in [0.2, 0.25) is 0 Å². The molecule has 1 saturated carbocycles. The summed E-state index contributed by atoms with van der Waals surface area (Å²) in [6.07, 6.45) is 1.16. The van der Waals surface area contributed by atoms with Crippen LogP contribution in [0.25, 0.3) is 10.9 Å². The second-order valence-electron chi connectivity index (χ2n) is 8.89. The van der Waals surface area contributed by atoms with Gasteiger partial charge in [-0.2, -0.15) is 5.10 Å². The predicted octanol–water partition coefficient (Wildman–Crippen LogP) is 3.97. The number of aromatic nitrogens is 2. The Kier molecular flexibility index (Phi) is 4.80. The fourth-order valence-electron chi connectivity index (χ4n) is 4.11. The molecule has 0 unspecified atom stereocenters. The maximum absolute atomic E-state index is 13.1. The number of ketones is 2. The van der Waals surface area contributed by atoms with Crippen LogP contribution in [0.1, 0.15) is 51.0 Å². The standard InChI is InChI=1S/C21H24BrN3O4/c1-11(26)19-14-9-13(22)5-6-15(14)24(23-19)10-18(27)17-8-12-7-16(12)25(17)20(28)29-21(2,3)4/h5-6,9,12,16-17H,7-8,10H2,1-4H3/t12-,16-,17+/m1/s1. The van der Waals surface area contributed by atoms with Crippen LogP contribution in [0.2, 0.25) is 0 Å². The van der Waals surface area contributed by atoms with E-state index in [2.05, 4.69) is 21.0 Å². The Bertz CT molecular complexity index is 1020. The summed E-state index contributed by atoms with van der Waals surface area (Å²) in [6, 6.07) is 5.11. The van der Waals surface area contributed by atoms with Crippen LogP contribution in [0.4, 0.5) is 4.79 Å². The van der Waals surface area contributed by atoms with Crippen molar-refractivity contribution in [3.05, 3.63) is 28.4 Å². The Morgan fingerprint density at radius 2 is 1.97 bits per heavy atom. The third-order valence-corrected chi connectivity index (χ3v) is 5.93. The number of likely N-dealkylation sites (tertiary alicyclic amines) is 1. The zero-order valence-electron chi connectivity index (χ0n) is 16.9. The van der Waals surface area contributed by atoms with E-state index < -0.39 is 17.7 Å². The van der Waals surface area contributed by atoms with Crippen molar-refractivity contribution in [1.29, 1.82) is 0 Å². The number of hydrogen-bond acceptors (Lipinski definition) is 5. The minimum atomic E-state index is -0.611. The molecule has 4 rings (SSSR count). The summed E-state index contributed by atoms with van der Waals surface area (Å²) in [4.78, 5) is 39.5. The van der Waals surface area contributed by atoms with Gasteiger partial charge >= 0.3 is 6.09 Å². The molecule has 29 heavy (non-hydrogen) atoms. The number of carbonyl (C=O) groups is 3. The first kappa shape index (κ1) is 20.1. The highest BCUT2D eigenvalue weighted by atomic mass is 79.9. The molecule has 1 aromatic heterocycles. The van der Waals surface area contributed by atoms with Crippen molar-refractivity contribution in [1.82, 2.24) is 14.7 Å². The van der Waals surface area contributed by atoms with Gasteiger partial charge in [0.1, 0.15) is 17.8 Å². The van der Waals surface area contributed by atoms with Gasteiger partial charge in [-0.3, -0.25) is 19.2 Å². The molecule has 2 aliphatic rings. The lowest BCUT2D eigenvalue weighted by atomic mass is 10.1. The first-order chi connectivity index (χ1) is 13.5. The molecule has 0 spiro atoms. The minimum absolute atomic E-state index is 0.00875. The molecule has 1 aromatic carbocycles. The number of ether oxygens (including phenoxy) is 1. The van der Waals surface area contributed by atoms with Crippen LogP contribution >= 0.6 is 15.9 Å². The van der Waals surface area contributed by atoms with Crippen molar-refractivity contribution in [3.63, 3.8) is 0 Å². The molecule has 1 aliphatic carbocycles. The Morgan fingerprint density at radius 3 is 2.62 bits per heavy atom. The van der Waals surface area contributed by atoms with Crippen molar-refractivity contribution < 1.29 is 19.1 Å². The molecular weight excluding hydrogens is 438 g/mol. The maximum Gasteiger partial charge on any atom is 0.411 e. The first-order valence-corrected chi connectivity index (χ1v) is 10.6. The van der Waals surface area contributed by atoms with E-state index in [1.807, 2.05) is 39.0 Å². The van der Waals surface area contributed by atoms with Gasteiger partial charge in [0.25, 0.3) is 0 Å². The van der Waals surface area contributed by atoms with E-state index in [-0.39, 0.29) is 24.2 Å². The lowest BCUT2D eigenvalue weighted by molar-refractivity contribution is -0.124. The van der Waals surface area contributed by atoms with E-state index in [1.54, 1.807) is 9.58 Å². The number of rotatable bonds is 4. The van der Waals surface area contributed by atoms with Crippen LogP contribution < -0.4 is 0 Å². The van der Waals surface area contributed by atoms with Gasteiger partial charge in [0.15, 0.2) is 11.6 Å². The first-order valence-electron chi connectivity index (χ1n) is 9.76. The molecule has 8 heteroatoms. The van der Waals surface area contributed by atoms with Gasteiger partial charge in [-0.15, -0.1) is 0 Å².